The maximum atomic E-state index is 13.1. The van der Waals surface area contributed by atoms with E-state index in [4.69, 9.17) is 10.5 Å². The highest BCUT2D eigenvalue weighted by Gasteiger charge is 2.41. The lowest BCUT2D eigenvalue weighted by atomic mass is 9.82. The average molecular weight is 450 g/mol. The number of benzene rings is 2. The molecule has 7 heteroatoms. The lowest BCUT2D eigenvalue weighted by molar-refractivity contribution is -0.141. The number of piperidine rings is 1. The molecule has 174 valence electrons. The number of aliphatic carboxylic acids is 1. The van der Waals surface area contributed by atoms with E-state index in [1.807, 2.05) is 37.4 Å². The minimum absolute atomic E-state index is 0.0810. The van der Waals surface area contributed by atoms with Gasteiger partial charge in [-0.2, -0.15) is 5.10 Å². The first-order valence-electron chi connectivity index (χ1n) is 11.6. The van der Waals surface area contributed by atoms with Crippen LogP contribution in [-0.4, -0.2) is 46.9 Å². The Labute approximate surface area is 194 Å². The van der Waals surface area contributed by atoms with E-state index in [2.05, 4.69) is 10.1 Å². The van der Waals surface area contributed by atoms with Gasteiger partial charge >= 0.3 is 5.97 Å². The van der Waals surface area contributed by atoms with Crippen LogP contribution in [0.4, 0.5) is 0 Å². The van der Waals surface area contributed by atoms with Crippen LogP contribution in [0.3, 0.4) is 0 Å². The SMILES string of the molecule is CCC1(N)Oc2ccc(C(=O)c3ccc(C=NN4CCCCC4)cc3)cc2CC1CC(=O)O. The Morgan fingerprint density at radius 2 is 1.85 bits per heavy atom. The number of rotatable bonds is 7. The van der Waals surface area contributed by atoms with Crippen LogP contribution < -0.4 is 10.5 Å². The van der Waals surface area contributed by atoms with Crippen molar-refractivity contribution in [3.05, 3.63) is 64.7 Å². The Morgan fingerprint density at radius 1 is 1.15 bits per heavy atom. The molecule has 2 aromatic rings. The van der Waals surface area contributed by atoms with Gasteiger partial charge in [0, 0.05) is 30.1 Å². The maximum absolute atomic E-state index is 13.1. The fourth-order valence-corrected chi connectivity index (χ4v) is 4.55. The van der Waals surface area contributed by atoms with Crippen molar-refractivity contribution in [2.45, 2.75) is 51.2 Å². The molecule has 2 atom stereocenters. The second kappa shape index (κ2) is 9.75. The van der Waals surface area contributed by atoms with Gasteiger partial charge in [-0.15, -0.1) is 0 Å². The minimum atomic E-state index is -1.03. The molecule has 3 N–H and O–H groups in total. The van der Waals surface area contributed by atoms with Gasteiger partial charge in [0.1, 0.15) is 5.75 Å². The topological polar surface area (TPSA) is 105 Å². The van der Waals surface area contributed by atoms with Crippen molar-refractivity contribution in [1.82, 2.24) is 5.01 Å². The van der Waals surface area contributed by atoms with E-state index < -0.39 is 11.7 Å². The first-order valence-corrected chi connectivity index (χ1v) is 11.6. The number of hydrazone groups is 1. The van der Waals surface area contributed by atoms with Crippen LogP contribution in [0.2, 0.25) is 0 Å². The van der Waals surface area contributed by atoms with Gasteiger partial charge in [0.25, 0.3) is 0 Å². The van der Waals surface area contributed by atoms with Crippen molar-refractivity contribution in [3.63, 3.8) is 0 Å². The van der Waals surface area contributed by atoms with Crippen LogP contribution in [0, 0.1) is 5.92 Å². The van der Waals surface area contributed by atoms with Gasteiger partial charge in [-0.3, -0.25) is 20.3 Å². The number of fused-ring (bicyclic) bond motifs is 1. The molecule has 0 radical (unpaired) electrons. The summed E-state index contributed by atoms with van der Waals surface area (Å²) < 4.78 is 6.00. The second-order valence-corrected chi connectivity index (χ2v) is 8.94. The quantitative estimate of drug-likeness (QED) is 0.492. The number of ketones is 1. The zero-order valence-electron chi connectivity index (χ0n) is 19.0. The molecule has 0 spiro atoms. The standard InChI is InChI=1S/C26H31N3O4/c1-2-26(27)22(16-24(30)31)15-21-14-20(10-11-23(21)33-26)25(32)19-8-6-18(7-9-19)17-28-29-12-4-3-5-13-29/h6-11,14,17,22H,2-5,12-13,15-16,27H2,1H3,(H,30,31). The van der Waals surface area contributed by atoms with Gasteiger partial charge < -0.3 is 9.84 Å². The number of carbonyl (C=O) groups is 2. The molecular formula is C26H31N3O4. The van der Waals surface area contributed by atoms with E-state index in [1.54, 1.807) is 18.2 Å². The minimum Gasteiger partial charge on any atom is -0.481 e. The van der Waals surface area contributed by atoms with Gasteiger partial charge in [-0.05, 0) is 61.4 Å². The van der Waals surface area contributed by atoms with Crippen LogP contribution in [-0.2, 0) is 11.2 Å². The number of ether oxygens (including phenoxy) is 1. The smallest absolute Gasteiger partial charge is 0.303 e. The van der Waals surface area contributed by atoms with Gasteiger partial charge in [-0.25, -0.2) is 0 Å². The molecule has 7 nitrogen and oxygen atoms in total. The molecule has 0 amide bonds. The fourth-order valence-electron chi connectivity index (χ4n) is 4.55. The molecule has 2 aromatic carbocycles. The monoisotopic (exact) mass is 449 g/mol. The Morgan fingerprint density at radius 3 is 2.52 bits per heavy atom. The van der Waals surface area contributed by atoms with Gasteiger partial charge in [-0.1, -0.05) is 31.2 Å². The third-order valence-corrected chi connectivity index (χ3v) is 6.63. The molecule has 1 saturated heterocycles. The summed E-state index contributed by atoms with van der Waals surface area (Å²) in [6.45, 7) is 3.87. The lowest BCUT2D eigenvalue weighted by Gasteiger charge is -2.41. The van der Waals surface area contributed by atoms with E-state index in [9.17, 15) is 14.7 Å². The van der Waals surface area contributed by atoms with Crippen LogP contribution in [0.15, 0.2) is 47.6 Å². The summed E-state index contributed by atoms with van der Waals surface area (Å²) in [4.78, 5) is 24.4. The average Bonchev–Trinajstić information content (AvgIpc) is 2.83. The van der Waals surface area contributed by atoms with Gasteiger partial charge in [0.2, 0.25) is 0 Å². The number of carbonyl (C=O) groups excluding carboxylic acids is 1. The number of nitrogens with zero attached hydrogens (tertiary/aromatic N) is 2. The Balaban J connectivity index is 1.49. The predicted molar refractivity (Wildman–Crippen MR) is 127 cm³/mol. The predicted octanol–water partition coefficient (Wildman–Crippen LogP) is 3.83. The molecular weight excluding hydrogens is 418 g/mol. The lowest BCUT2D eigenvalue weighted by Crippen LogP contribution is -2.55. The third-order valence-electron chi connectivity index (χ3n) is 6.63. The summed E-state index contributed by atoms with van der Waals surface area (Å²) >= 11 is 0. The number of carboxylic acid groups (broad SMARTS) is 1. The Kier molecular flexibility index (Phi) is 6.79. The zero-order chi connectivity index (χ0) is 23.4. The molecule has 33 heavy (non-hydrogen) atoms. The summed E-state index contributed by atoms with van der Waals surface area (Å²) in [5.41, 5.74) is 8.24. The third kappa shape index (κ3) is 5.25. The van der Waals surface area contributed by atoms with Crippen molar-refractivity contribution in [2.24, 2.45) is 16.8 Å². The number of carboxylic acids is 1. The highest BCUT2D eigenvalue weighted by atomic mass is 16.5. The van der Waals surface area contributed by atoms with Crippen molar-refractivity contribution >= 4 is 18.0 Å². The van der Waals surface area contributed by atoms with Crippen LogP contribution in [0.25, 0.3) is 0 Å². The summed E-state index contributed by atoms with van der Waals surface area (Å²) in [5.74, 6) is -0.753. The van der Waals surface area contributed by atoms with E-state index >= 15 is 0 Å². The Hall–Kier alpha value is -3.19. The molecule has 2 aliphatic heterocycles. The van der Waals surface area contributed by atoms with Gasteiger partial charge in [0.05, 0.1) is 12.6 Å². The maximum Gasteiger partial charge on any atom is 0.303 e. The van der Waals surface area contributed by atoms with E-state index in [1.165, 1.54) is 19.3 Å². The molecule has 0 saturated carbocycles. The number of hydrogen-bond acceptors (Lipinski definition) is 6. The molecule has 4 rings (SSSR count). The molecule has 0 aromatic heterocycles. The zero-order valence-corrected chi connectivity index (χ0v) is 19.0. The highest BCUT2D eigenvalue weighted by Crippen LogP contribution is 2.38. The summed E-state index contributed by atoms with van der Waals surface area (Å²) in [6, 6.07) is 12.7. The normalized spacial score (nSPS) is 22.6. The summed E-state index contributed by atoms with van der Waals surface area (Å²) in [7, 11) is 0. The van der Waals surface area contributed by atoms with Crippen molar-refractivity contribution < 1.29 is 19.4 Å². The molecule has 0 aliphatic carbocycles. The van der Waals surface area contributed by atoms with Crippen molar-refractivity contribution in [1.29, 1.82) is 0 Å². The van der Waals surface area contributed by atoms with Crippen molar-refractivity contribution in [2.75, 3.05) is 13.1 Å². The molecule has 1 fully saturated rings. The van der Waals surface area contributed by atoms with E-state index in [0.717, 1.165) is 24.2 Å². The van der Waals surface area contributed by atoms with Crippen LogP contribution in [0.1, 0.15) is 66.1 Å². The summed E-state index contributed by atoms with van der Waals surface area (Å²) in [5, 5.41) is 15.9. The van der Waals surface area contributed by atoms with Crippen LogP contribution in [0.5, 0.6) is 5.75 Å². The van der Waals surface area contributed by atoms with Crippen LogP contribution >= 0.6 is 0 Å². The summed E-state index contributed by atoms with van der Waals surface area (Å²) in [6.07, 6.45) is 6.34. The first kappa shape index (κ1) is 23.0. The van der Waals surface area contributed by atoms with E-state index in [0.29, 0.717) is 29.7 Å². The molecule has 2 unspecified atom stereocenters. The highest BCUT2D eigenvalue weighted by molar-refractivity contribution is 6.09. The molecule has 0 bridgehead atoms. The first-order chi connectivity index (χ1) is 15.9. The molecule has 2 heterocycles. The Bertz CT molecular complexity index is 1040. The number of hydrogen-bond donors (Lipinski definition) is 2. The fraction of sp³-hybridized carbons (Fsp3) is 0.423. The number of nitrogens with two attached hydrogens (primary N) is 1. The largest absolute Gasteiger partial charge is 0.481 e. The van der Waals surface area contributed by atoms with E-state index in [-0.39, 0.29) is 18.1 Å². The van der Waals surface area contributed by atoms with Gasteiger partial charge in [0.15, 0.2) is 11.5 Å². The second-order valence-electron chi connectivity index (χ2n) is 8.94. The van der Waals surface area contributed by atoms with Crippen molar-refractivity contribution in [3.8, 4) is 5.75 Å². The molecule has 2 aliphatic rings.